The van der Waals surface area contributed by atoms with Crippen LogP contribution >= 0.6 is 0 Å². The molecule has 0 saturated carbocycles. The van der Waals surface area contributed by atoms with Crippen LogP contribution in [0.2, 0.25) is 0 Å². The first-order valence-electron chi connectivity index (χ1n) is 6.31. The molecule has 8 heteroatoms. The monoisotopic (exact) mass is 340 g/mol. The molecule has 0 aliphatic carbocycles. The van der Waals surface area contributed by atoms with E-state index >= 15 is 0 Å². The molecule has 2 rings (SSSR count). The predicted octanol–water partition coefficient (Wildman–Crippen LogP) is 5.13. The van der Waals surface area contributed by atoms with Gasteiger partial charge in [-0.2, -0.15) is 36.9 Å². The van der Waals surface area contributed by atoms with Crippen molar-refractivity contribution in [3.05, 3.63) is 58.7 Å². The maximum absolute atomic E-state index is 13.1. The Bertz CT molecular complexity index is 866. The number of nitrogens with zero attached hydrogens (tertiary/aromatic N) is 2. The minimum absolute atomic E-state index is 0.142. The van der Waals surface area contributed by atoms with E-state index < -0.39 is 34.6 Å². The molecular formula is C16H6F6N2. The molecule has 0 radical (unpaired) electrons. The summed E-state index contributed by atoms with van der Waals surface area (Å²) in [6.45, 7) is 0. The number of rotatable bonds is 1. The molecule has 0 aromatic heterocycles. The van der Waals surface area contributed by atoms with Crippen molar-refractivity contribution in [1.82, 2.24) is 0 Å². The van der Waals surface area contributed by atoms with E-state index in [1.165, 1.54) is 18.2 Å². The average molecular weight is 340 g/mol. The summed E-state index contributed by atoms with van der Waals surface area (Å²) in [6, 6.07) is 8.02. The maximum atomic E-state index is 13.1. The normalized spacial score (nSPS) is 11.7. The van der Waals surface area contributed by atoms with Crippen LogP contribution in [0.5, 0.6) is 0 Å². The molecule has 0 amide bonds. The molecule has 0 unspecified atom stereocenters. The third-order valence-electron chi connectivity index (χ3n) is 3.20. The number of benzene rings is 2. The Morgan fingerprint density at radius 3 is 1.92 bits per heavy atom. The minimum atomic E-state index is -4.92. The van der Waals surface area contributed by atoms with Gasteiger partial charge >= 0.3 is 12.4 Å². The van der Waals surface area contributed by atoms with Crippen LogP contribution in [0.15, 0.2) is 36.4 Å². The van der Waals surface area contributed by atoms with Gasteiger partial charge < -0.3 is 0 Å². The number of hydrogen-bond donors (Lipinski definition) is 0. The molecule has 0 heterocycles. The van der Waals surface area contributed by atoms with Crippen molar-refractivity contribution < 1.29 is 26.3 Å². The second-order valence-electron chi connectivity index (χ2n) is 4.75. The summed E-state index contributed by atoms with van der Waals surface area (Å²) >= 11 is 0. The van der Waals surface area contributed by atoms with Gasteiger partial charge in [0, 0.05) is 0 Å². The number of halogens is 6. The van der Waals surface area contributed by atoms with Gasteiger partial charge in [-0.3, -0.25) is 0 Å². The molecule has 2 aromatic carbocycles. The molecule has 2 nitrogen and oxygen atoms in total. The van der Waals surface area contributed by atoms with Gasteiger partial charge in [0.25, 0.3) is 0 Å². The summed E-state index contributed by atoms with van der Waals surface area (Å²) in [7, 11) is 0. The van der Waals surface area contributed by atoms with Crippen LogP contribution in [-0.4, -0.2) is 0 Å². The Kier molecular flexibility index (Phi) is 4.26. The number of hydrogen-bond acceptors (Lipinski definition) is 2. The Hall–Kier alpha value is -3.00. The van der Waals surface area contributed by atoms with Crippen molar-refractivity contribution in [3.8, 4) is 23.3 Å². The molecular weight excluding hydrogens is 334 g/mol. The van der Waals surface area contributed by atoms with Crippen LogP contribution in [-0.2, 0) is 12.4 Å². The fourth-order valence-corrected chi connectivity index (χ4v) is 2.12. The van der Waals surface area contributed by atoms with E-state index in [1.807, 2.05) is 0 Å². The Morgan fingerprint density at radius 2 is 1.42 bits per heavy atom. The molecule has 0 N–H and O–H groups in total. The summed E-state index contributed by atoms with van der Waals surface area (Å²) in [5.74, 6) is 0. The van der Waals surface area contributed by atoms with E-state index in [-0.39, 0.29) is 11.1 Å². The van der Waals surface area contributed by atoms with Crippen LogP contribution < -0.4 is 0 Å². The van der Waals surface area contributed by atoms with E-state index in [9.17, 15) is 26.3 Å². The fourth-order valence-electron chi connectivity index (χ4n) is 2.12. The number of nitriles is 2. The highest BCUT2D eigenvalue weighted by molar-refractivity contribution is 5.70. The molecule has 24 heavy (non-hydrogen) atoms. The van der Waals surface area contributed by atoms with Gasteiger partial charge in [-0.15, -0.1) is 0 Å². The minimum Gasteiger partial charge on any atom is -0.192 e. The zero-order valence-corrected chi connectivity index (χ0v) is 11.6. The van der Waals surface area contributed by atoms with Crippen LogP contribution in [0.4, 0.5) is 26.3 Å². The van der Waals surface area contributed by atoms with Crippen LogP contribution in [0.3, 0.4) is 0 Å². The topological polar surface area (TPSA) is 47.6 Å². The zero-order chi connectivity index (χ0) is 18.1. The summed E-state index contributed by atoms with van der Waals surface area (Å²) in [5, 5.41) is 17.8. The standard InChI is InChI=1S/C16H6F6N2/c17-15(18,19)12-3-1-2-9(5-12)10-4-11(7-23)13(8-24)14(6-10)16(20,21)22/h1-6H. The number of alkyl halides is 6. The highest BCUT2D eigenvalue weighted by atomic mass is 19.4. The Balaban J connectivity index is 2.74. The van der Waals surface area contributed by atoms with Crippen molar-refractivity contribution in [2.24, 2.45) is 0 Å². The van der Waals surface area contributed by atoms with Gasteiger partial charge in [-0.1, -0.05) is 12.1 Å². The van der Waals surface area contributed by atoms with Crippen molar-refractivity contribution >= 4 is 0 Å². The fraction of sp³-hybridized carbons (Fsp3) is 0.125. The Labute approximate surface area is 132 Å². The summed E-state index contributed by atoms with van der Waals surface area (Å²) < 4.78 is 77.4. The molecule has 122 valence electrons. The van der Waals surface area contributed by atoms with Gasteiger partial charge in [0.2, 0.25) is 0 Å². The molecule has 0 bridgehead atoms. The van der Waals surface area contributed by atoms with Gasteiger partial charge in [0.15, 0.2) is 0 Å². The van der Waals surface area contributed by atoms with Gasteiger partial charge in [-0.25, -0.2) is 0 Å². The van der Waals surface area contributed by atoms with E-state index in [0.717, 1.165) is 18.2 Å². The van der Waals surface area contributed by atoms with Crippen molar-refractivity contribution in [2.75, 3.05) is 0 Å². The van der Waals surface area contributed by atoms with E-state index in [4.69, 9.17) is 10.5 Å². The van der Waals surface area contributed by atoms with Crippen molar-refractivity contribution in [2.45, 2.75) is 12.4 Å². The summed E-state index contributed by atoms with van der Waals surface area (Å²) in [4.78, 5) is 0. The smallest absolute Gasteiger partial charge is 0.192 e. The lowest BCUT2D eigenvalue weighted by atomic mass is 9.94. The average Bonchev–Trinajstić information content (AvgIpc) is 2.52. The highest BCUT2D eigenvalue weighted by Crippen LogP contribution is 2.38. The molecule has 0 saturated heterocycles. The molecule has 0 spiro atoms. The van der Waals surface area contributed by atoms with Crippen LogP contribution in [0.25, 0.3) is 11.1 Å². The lowest BCUT2D eigenvalue weighted by Gasteiger charge is -2.13. The molecule has 0 aliphatic rings. The third-order valence-corrected chi connectivity index (χ3v) is 3.20. The molecule has 0 aliphatic heterocycles. The lowest BCUT2D eigenvalue weighted by molar-refractivity contribution is -0.138. The van der Waals surface area contributed by atoms with Crippen LogP contribution in [0.1, 0.15) is 22.3 Å². The first-order valence-corrected chi connectivity index (χ1v) is 6.31. The quantitative estimate of drug-likeness (QED) is 0.675. The van der Waals surface area contributed by atoms with Gasteiger partial charge in [0.1, 0.15) is 12.1 Å². The van der Waals surface area contributed by atoms with Crippen molar-refractivity contribution in [1.29, 1.82) is 10.5 Å². The first kappa shape index (κ1) is 17.4. The van der Waals surface area contributed by atoms with Crippen molar-refractivity contribution in [3.63, 3.8) is 0 Å². The Morgan fingerprint density at radius 1 is 0.750 bits per heavy atom. The predicted molar refractivity (Wildman–Crippen MR) is 71.3 cm³/mol. The first-order chi connectivity index (χ1) is 11.1. The third kappa shape index (κ3) is 3.33. The second kappa shape index (κ2) is 5.89. The molecule has 0 fully saturated rings. The second-order valence-corrected chi connectivity index (χ2v) is 4.75. The largest absolute Gasteiger partial charge is 0.417 e. The highest BCUT2D eigenvalue weighted by Gasteiger charge is 2.36. The van der Waals surface area contributed by atoms with E-state index in [0.29, 0.717) is 12.1 Å². The lowest BCUT2D eigenvalue weighted by Crippen LogP contribution is -2.10. The van der Waals surface area contributed by atoms with Gasteiger partial charge in [-0.05, 0) is 35.4 Å². The summed E-state index contributed by atoms with van der Waals surface area (Å²) in [6.07, 6.45) is -9.58. The molecule has 0 atom stereocenters. The maximum Gasteiger partial charge on any atom is 0.417 e. The van der Waals surface area contributed by atoms with Crippen LogP contribution in [0, 0.1) is 22.7 Å². The molecule has 2 aromatic rings. The van der Waals surface area contributed by atoms with E-state index in [1.54, 1.807) is 0 Å². The van der Waals surface area contributed by atoms with E-state index in [2.05, 4.69) is 0 Å². The summed E-state index contributed by atoms with van der Waals surface area (Å²) in [5.41, 5.74) is -4.19. The van der Waals surface area contributed by atoms with Gasteiger partial charge in [0.05, 0.1) is 22.3 Å². The zero-order valence-electron chi connectivity index (χ0n) is 11.6. The SMILES string of the molecule is N#Cc1cc(-c2cccc(C(F)(F)F)c2)cc(C(F)(F)F)c1C#N.